The Morgan fingerprint density at radius 1 is 1.16 bits per heavy atom. The zero-order valence-electron chi connectivity index (χ0n) is 11.3. The third-order valence-corrected chi connectivity index (χ3v) is 4.42. The normalized spacial score (nSPS) is 11.8. The molecule has 0 unspecified atom stereocenters. The molecule has 0 atom stereocenters. The standard InChI is InChI=1S/C11H21N5O2S/c1-15(2)19(17,18)10-3-4-11(14-9-10)16(7-5-12)8-6-13/h3-4,9H,5-8,12-13H2,1-2H3. The number of aromatic nitrogens is 1. The summed E-state index contributed by atoms with van der Waals surface area (Å²) in [5.41, 5.74) is 11.0. The summed E-state index contributed by atoms with van der Waals surface area (Å²) in [5, 5.41) is 0. The van der Waals surface area contributed by atoms with Gasteiger partial charge in [0.1, 0.15) is 10.7 Å². The smallest absolute Gasteiger partial charge is 0.244 e. The van der Waals surface area contributed by atoms with Crippen LogP contribution in [0.4, 0.5) is 5.82 Å². The highest BCUT2D eigenvalue weighted by atomic mass is 32.2. The summed E-state index contributed by atoms with van der Waals surface area (Å²) < 4.78 is 24.9. The molecule has 7 nitrogen and oxygen atoms in total. The predicted molar refractivity (Wildman–Crippen MR) is 75.4 cm³/mol. The molecule has 1 heterocycles. The Kier molecular flexibility index (Phi) is 5.67. The molecule has 0 amide bonds. The second kappa shape index (κ2) is 6.80. The van der Waals surface area contributed by atoms with Crippen LogP contribution >= 0.6 is 0 Å². The van der Waals surface area contributed by atoms with Crippen LogP contribution in [0, 0.1) is 0 Å². The van der Waals surface area contributed by atoms with Gasteiger partial charge in [-0.2, -0.15) is 0 Å². The van der Waals surface area contributed by atoms with E-state index < -0.39 is 10.0 Å². The number of nitrogens with two attached hydrogens (primary N) is 2. The first-order valence-corrected chi connectivity index (χ1v) is 7.41. The average Bonchev–Trinajstić information content (AvgIpc) is 2.38. The SMILES string of the molecule is CN(C)S(=O)(=O)c1ccc(N(CCN)CCN)nc1. The largest absolute Gasteiger partial charge is 0.354 e. The van der Waals surface area contributed by atoms with Gasteiger partial charge in [-0.1, -0.05) is 0 Å². The lowest BCUT2D eigenvalue weighted by Gasteiger charge is -2.22. The minimum atomic E-state index is -3.44. The molecule has 0 aliphatic heterocycles. The number of anilines is 1. The second-order valence-corrected chi connectivity index (χ2v) is 6.36. The van der Waals surface area contributed by atoms with Crippen LogP contribution in [0.25, 0.3) is 0 Å². The summed E-state index contributed by atoms with van der Waals surface area (Å²) in [5.74, 6) is 0.675. The van der Waals surface area contributed by atoms with Crippen molar-refractivity contribution in [3.63, 3.8) is 0 Å². The number of hydrogen-bond donors (Lipinski definition) is 2. The number of sulfonamides is 1. The van der Waals surface area contributed by atoms with Gasteiger partial charge in [-0.15, -0.1) is 0 Å². The summed E-state index contributed by atoms with van der Waals surface area (Å²) in [6, 6.07) is 3.21. The Bertz CT molecular complexity index is 480. The van der Waals surface area contributed by atoms with Crippen LogP contribution in [-0.2, 0) is 10.0 Å². The highest BCUT2D eigenvalue weighted by Crippen LogP contribution is 2.16. The average molecular weight is 287 g/mol. The number of rotatable bonds is 7. The van der Waals surface area contributed by atoms with Crippen LogP contribution < -0.4 is 16.4 Å². The molecule has 0 saturated heterocycles. The Hall–Kier alpha value is -1.22. The van der Waals surface area contributed by atoms with E-state index in [0.717, 1.165) is 4.31 Å². The molecule has 0 aromatic carbocycles. The molecular formula is C11H21N5O2S. The lowest BCUT2D eigenvalue weighted by Crippen LogP contribution is -2.34. The third kappa shape index (κ3) is 3.87. The monoisotopic (exact) mass is 287 g/mol. The van der Waals surface area contributed by atoms with E-state index >= 15 is 0 Å². The summed E-state index contributed by atoms with van der Waals surface area (Å²) in [6.45, 7) is 2.23. The molecular weight excluding hydrogens is 266 g/mol. The molecule has 0 fully saturated rings. The van der Waals surface area contributed by atoms with E-state index in [1.165, 1.54) is 26.4 Å². The Morgan fingerprint density at radius 2 is 1.74 bits per heavy atom. The van der Waals surface area contributed by atoms with Crippen molar-refractivity contribution in [1.82, 2.24) is 9.29 Å². The number of nitrogens with zero attached hydrogens (tertiary/aromatic N) is 3. The van der Waals surface area contributed by atoms with Crippen molar-refractivity contribution >= 4 is 15.8 Å². The van der Waals surface area contributed by atoms with Crippen molar-refractivity contribution < 1.29 is 8.42 Å². The Balaban J connectivity index is 2.98. The maximum Gasteiger partial charge on any atom is 0.244 e. The molecule has 19 heavy (non-hydrogen) atoms. The molecule has 0 aliphatic rings. The number of hydrogen-bond acceptors (Lipinski definition) is 6. The minimum absolute atomic E-state index is 0.168. The van der Waals surface area contributed by atoms with Gasteiger partial charge in [0.2, 0.25) is 10.0 Å². The molecule has 0 aliphatic carbocycles. The van der Waals surface area contributed by atoms with E-state index in [0.29, 0.717) is 32.0 Å². The van der Waals surface area contributed by atoms with Crippen molar-refractivity contribution in [3.05, 3.63) is 18.3 Å². The van der Waals surface area contributed by atoms with Crippen LogP contribution in [0.15, 0.2) is 23.2 Å². The third-order valence-electron chi connectivity index (χ3n) is 2.62. The lowest BCUT2D eigenvalue weighted by molar-refractivity contribution is 0.520. The first-order chi connectivity index (χ1) is 8.93. The van der Waals surface area contributed by atoms with Crippen LogP contribution in [0.3, 0.4) is 0 Å². The molecule has 4 N–H and O–H groups in total. The lowest BCUT2D eigenvalue weighted by atomic mass is 10.4. The van der Waals surface area contributed by atoms with Crippen LogP contribution in [0.5, 0.6) is 0 Å². The van der Waals surface area contributed by atoms with Crippen LogP contribution in [0.2, 0.25) is 0 Å². The highest BCUT2D eigenvalue weighted by Gasteiger charge is 2.18. The van der Waals surface area contributed by atoms with E-state index in [1.807, 2.05) is 4.90 Å². The first kappa shape index (κ1) is 15.8. The van der Waals surface area contributed by atoms with E-state index in [1.54, 1.807) is 6.07 Å². The van der Waals surface area contributed by atoms with Crippen LogP contribution in [0.1, 0.15) is 0 Å². The summed E-state index contributed by atoms with van der Waals surface area (Å²) >= 11 is 0. The van der Waals surface area contributed by atoms with E-state index in [9.17, 15) is 8.42 Å². The van der Waals surface area contributed by atoms with E-state index in [-0.39, 0.29) is 4.90 Å². The number of pyridine rings is 1. The van der Waals surface area contributed by atoms with Gasteiger partial charge in [0.25, 0.3) is 0 Å². The van der Waals surface area contributed by atoms with Gasteiger partial charge in [-0.05, 0) is 12.1 Å². The van der Waals surface area contributed by atoms with E-state index in [2.05, 4.69) is 4.98 Å². The fraction of sp³-hybridized carbons (Fsp3) is 0.545. The van der Waals surface area contributed by atoms with Gasteiger partial charge in [0.05, 0.1) is 0 Å². The van der Waals surface area contributed by atoms with E-state index in [4.69, 9.17) is 11.5 Å². The predicted octanol–water partition coefficient (Wildman–Crippen LogP) is -0.944. The second-order valence-electron chi connectivity index (χ2n) is 4.20. The topological polar surface area (TPSA) is 106 Å². The molecule has 0 radical (unpaired) electrons. The fourth-order valence-electron chi connectivity index (χ4n) is 1.58. The Labute approximate surface area is 114 Å². The molecule has 0 bridgehead atoms. The summed E-state index contributed by atoms with van der Waals surface area (Å²) in [4.78, 5) is 6.26. The molecule has 8 heteroatoms. The van der Waals surface area contributed by atoms with Crippen molar-refractivity contribution in [2.45, 2.75) is 4.90 Å². The molecule has 0 spiro atoms. The van der Waals surface area contributed by atoms with Gasteiger partial charge in [0.15, 0.2) is 0 Å². The molecule has 1 rings (SSSR count). The molecule has 1 aromatic heterocycles. The maximum atomic E-state index is 11.9. The van der Waals surface area contributed by atoms with Crippen LogP contribution in [-0.4, -0.2) is 58.0 Å². The van der Waals surface area contributed by atoms with Gasteiger partial charge < -0.3 is 16.4 Å². The zero-order chi connectivity index (χ0) is 14.5. The molecule has 108 valence electrons. The summed E-state index contributed by atoms with van der Waals surface area (Å²) in [7, 11) is -0.472. The van der Waals surface area contributed by atoms with Gasteiger partial charge >= 0.3 is 0 Å². The van der Waals surface area contributed by atoms with Gasteiger partial charge in [-0.3, -0.25) is 0 Å². The first-order valence-electron chi connectivity index (χ1n) is 5.97. The van der Waals surface area contributed by atoms with Crippen molar-refractivity contribution in [2.75, 3.05) is 45.2 Å². The maximum absolute atomic E-state index is 11.9. The van der Waals surface area contributed by atoms with Gasteiger partial charge in [-0.25, -0.2) is 17.7 Å². The van der Waals surface area contributed by atoms with Crippen molar-refractivity contribution in [2.24, 2.45) is 11.5 Å². The fourth-order valence-corrected chi connectivity index (χ4v) is 2.42. The van der Waals surface area contributed by atoms with Crippen molar-refractivity contribution in [3.8, 4) is 0 Å². The molecule has 1 aromatic rings. The minimum Gasteiger partial charge on any atom is -0.354 e. The zero-order valence-corrected chi connectivity index (χ0v) is 12.1. The Morgan fingerprint density at radius 3 is 2.11 bits per heavy atom. The van der Waals surface area contributed by atoms with Crippen molar-refractivity contribution in [1.29, 1.82) is 0 Å². The summed E-state index contributed by atoms with van der Waals surface area (Å²) in [6.07, 6.45) is 1.35. The molecule has 0 saturated carbocycles. The quantitative estimate of drug-likeness (QED) is 0.670. The van der Waals surface area contributed by atoms with Gasteiger partial charge in [0, 0.05) is 46.5 Å². The highest BCUT2D eigenvalue weighted by molar-refractivity contribution is 7.89.